The zero-order valence-corrected chi connectivity index (χ0v) is 15.9. The fourth-order valence-electron chi connectivity index (χ4n) is 2.99. The van der Waals surface area contributed by atoms with Crippen LogP contribution in [0.5, 0.6) is 5.75 Å². The predicted molar refractivity (Wildman–Crippen MR) is 79.6 cm³/mol. The van der Waals surface area contributed by atoms with Crippen molar-refractivity contribution in [2.45, 2.75) is 33.7 Å². The van der Waals surface area contributed by atoms with Crippen LogP contribution in [0.15, 0.2) is 11.0 Å². The van der Waals surface area contributed by atoms with Crippen LogP contribution in [0.1, 0.15) is 40.0 Å². The second-order valence-corrected chi connectivity index (χ2v) is 5.67. The smallest absolute Gasteiger partial charge is 0.341 e. The number of ether oxygens (including phenoxy) is 1. The van der Waals surface area contributed by atoms with Gasteiger partial charge in [-0.2, -0.15) is 0 Å². The van der Waals surface area contributed by atoms with Gasteiger partial charge < -0.3 is 14.4 Å². The maximum atomic E-state index is 12.6. The molecule has 1 aliphatic heterocycles. The minimum Gasteiger partial charge on any atom is -0.489 e. The van der Waals surface area contributed by atoms with Gasteiger partial charge in [0.05, 0.1) is 16.9 Å². The van der Waals surface area contributed by atoms with Crippen LogP contribution in [0.3, 0.4) is 0 Å². The Kier molecular flexibility index (Phi) is 4.51. The van der Waals surface area contributed by atoms with Gasteiger partial charge in [-0.15, -0.1) is 0 Å². The van der Waals surface area contributed by atoms with Crippen molar-refractivity contribution < 1.29 is 47.3 Å². The SMILES string of the molecule is Cc1c(C)c2c3c(c1C)c(=O)c(C(=O)O)cn3C(C)CO2.[Y]. The number of rotatable bonds is 1. The molecule has 0 amide bonds. The van der Waals surface area contributed by atoms with Crippen LogP contribution >= 0.6 is 0 Å². The number of hydrogen-bond donors (Lipinski definition) is 1. The molecule has 0 saturated carbocycles. The largest absolute Gasteiger partial charge is 0.489 e. The Hall–Kier alpha value is -1.20. The summed E-state index contributed by atoms with van der Waals surface area (Å²) in [6, 6.07) is -0.0137. The van der Waals surface area contributed by atoms with Gasteiger partial charge in [0.1, 0.15) is 17.9 Å². The summed E-state index contributed by atoms with van der Waals surface area (Å²) in [4.78, 5) is 23.9. The summed E-state index contributed by atoms with van der Waals surface area (Å²) >= 11 is 0. The average molecular weight is 376 g/mol. The number of carboxylic acids is 1. The monoisotopic (exact) mass is 376 g/mol. The summed E-state index contributed by atoms with van der Waals surface area (Å²) < 4.78 is 7.68. The van der Waals surface area contributed by atoms with E-state index in [2.05, 4.69) is 0 Å². The van der Waals surface area contributed by atoms with E-state index in [0.29, 0.717) is 23.3 Å². The molecule has 6 heteroatoms. The van der Waals surface area contributed by atoms with Gasteiger partial charge in [-0.25, -0.2) is 4.79 Å². The maximum Gasteiger partial charge on any atom is 0.341 e. The quantitative estimate of drug-likeness (QED) is 0.831. The van der Waals surface area contributed by atoms with Crippen LogP contribution in [-0.2, 0) is 32.7 Å². The van der Waals surface area contributed by atoms with Gasteiger partial charge in [-0.3, -0.25) is 4.79 Å². The minimum absolute atomic E-state index is 0. The second-order valence-electron chi connectivity index (χ2n) is 5.67. The Morgan fingerprint density at radius 2 is 1.91 bits per heavy atom. The van der Waals surface area contributed by atoms with Crippen molar-refractivity contribution in [3.8, 4) is 5.75 Å². The number of aromatic nitrogens is 1. The Labute approximate surface area is 153 Å². The summed E-state index contributed by atoms with van der Waals surface area (Å²) in [7, 11) is 0. The molecule has 1 N–H and O–H groups in total. The maximum absolute atomic E-state index is 12.6. The van der Waals surface area contributed by atoms with E-state index in [-0.39, 0.29) is 44.3 Å². The molecule has 0 aliphatic carbocycles. The molecule has 1 aromatic carbocycles. The van der Waals surface area contributed by atoms with Gasteiger partial charge in [0.25, 0.3) is 0 Å². The van der Waals surface area contributed by atoms with Crippen molar-refractivity contribution in [1.82, 2.24) is 4.57 Å². The van der Waals surface area contributed by atoms with Gasteiger partial charge >= 0.3 is 5.97 Å². The van der Waals surface area contributed by atoms with E-state index in [1.165, 1.54) is 6.20 Å². The molecular weight excluding hydrogens is 359 g/mol. The van der Waals surface area contributed by atoms with Crippen LogP contribution < -0.4 is 10.2 Å². The minimum atomic E-state index is -1.19. The van der Waals surface area contributed by atoms with Gasteiger partial charge in [0, 0.05) is 38.9 Å². The zero-order valence-electron chi connectivity index (χ0n) is 13.1. The molecule has 0 spiro atoms. The molecule has 5 nitrogen and oxygen atoms in total. The fraction of sp³-hybridized carbons (Fsp3) is 0.375. The number of aryl methyl sites for hydroxylation is 1. The number of benzene rings is 1. The third kappa shape index (κ3) is 2.22. The first-order chi connectivity index (χ1) is 9.84. The number of nitrogens with zero attached hydrogens (tertiary/aromatic N) is 1. The Bertz CT molecular complexity index is 854. The molecule has 2 heterocycles. The van der Waals surface area contributed by atoms with Crippen molar-refractivity contribution >= 4 is 16.9 Å². The van der Waals surface area contributed by atoms with Gasteiger partial charge in [0.15, 0.2) is 0 Å². The van der Waals surface area contributed by atoms with Crippen molar-refractivity contribution in [2.75, 3.05) is 6.61 Å². The van der Waals surface area contributed by atoms with Crippen LogP contribution in [0.2, 0.25) is 0 Å². The van der Waals surface area contributed by atoms with Crippen molar-refractivity contribution in [3.05, 3.63) is 38.7 Å². The van der Waals surface area contributed by atoms with E-state index in [1.54, 1.807) is 0 Å². The number of carboxylic acid groups (broad SMARTS) is 1. The summed E-state index contributed by atoms with van der Waals surface area (Å²) in [6.07, 6.45) is 1.44. The summed E-state index contributed by atoms with van der Waals surface area (Å²) in [5.41, 5.74) is 2.89. The topological polar surface area (TPSA) is 68.5 Å². The molecule has 0 fully saturated rings. The molecule has 113 valence electrons. The van der Waals surface area contributed by atoms with E-state index >= 15 is 0 Å². The van der Waals surface area contributed by atoms with Crippen LogP contribution in [0.4, 0.5) is 0 Å². The van der Waals surface area contributed by atoms with Crippen molar-refractivity contribution in [1.29, 1.82) is 0 Å². The Balaban J connectivity index is 0.00000176. The molecule has 3 rings (SSSR count). The van der Waals surface area contributed by atoms with E-state index in [4.69, 9.17) is 4.74 Å². The average Bonchev–Trinajstić information content (AvgIpc) is 2.43. The first-order valence-electron chi connectivity index (χ1n) is 6.89. The molecule has 1 unspecified atom stereocenters. The van der Waals surface area contributed by atoms with E-state index in [9.17, 15) is 14.7 Å². The van der Waals surface area contributed by atoms with Crippen molar-refractivity contribution in [3.63, 3.8) is 0 Å². The molecule has 22 heavy (non-hydrogen) atoms. The molecule has 1 aromatic heterocycles. The first kappa shape index (κ1) is 17.2. The summed E-state index contributed by atoms with van der Waals surface area (Å²) in [6.45, 7) is 8.17. The molecule has 2 aromatic rings. The summed E-state index contributed by atoms with van der Waals surface area (Å²) in [5.74, 6) is -0.497. The molecule has 1 aliphatic rings. The molecule has 1 radical (unpaired) electrons. The summed E-state index contributed by atoms with van der Waals surface area (Å²) in [5, 5.41) is 9.75. The standard InChI is InChI=1S/C16H17NO4.Y/c1-7-6-21-15-10(4)8(2)9(3)12-13(15)17(7)5-11(14(12)18)16(19)20;/h5,7H,6H2,1-4H3,(H,19,20);. The van der Waals surface area contributed by atoms with Gasteiger partial charge in [-0.1, -0.05) is 0 Å². The van der Waals surface area contributed by atoms with Crippen LogP contribution in [0, 0.1) is 20.8 Å². The molecular formula is C16H17NO4Y. The van der Waals surface area contributed by atoms with Crippen molar-refractivity contribution in [2.24, 2.45) is 0 Å². The van der Waals surface area contributed by atoms with Gasteiger partial charge in [-0.05, 0) is 44.4 Å². The molecule has 0 bridgehead atoms. The van der Waals surface area contributed by atoms with Crippen LogP contribution in [0.25, 0.3) is 10.9 Å². The normalized spacial score (nSPS) is 16.1. The second kappa shape index (κ2) is 5.78. The first-order valence-corrected chi connectivity index (χ1v) is 6.89. The molecule has 1 atom stereocenters. The molecule has 0 saturated heterocycles. The van der Waals surface area contributed by atoms with Crippen LogP contribution in [-0.4, -0.2) is 22.2 Å². The van der Waals surface area contributed by atoms with Gasteiger partial charge in [0.2, 0.25) is 5.43 Å². The third-order valence-electron chi connectivity index (χ3n) is 4.46. The number of aromatic carboxylic acids is 1. The van der Waals surface area contributed by atoms with E-state index in [0.717, 1.165) is 16.7 Å². The Morgan fingerprint density at radius 3 is 2.50 bits per heavy atom. The fourth-order valence-corrected chi connectivity index (χ4v) is 2.99. The Morgan fingerprint density at radius 1 is 1.27 bits per heavy atom. The predicted octanol–water partition coefficient (Wildman–Crippen LogP) is 2.58. The number of carbonyl (C=O) groups is 1. The number of pyridine rings is 1. The third-order valence-corrected chi connectivity index (χ3v) is 4.46. The zero-order chi connectivity index (χ0) is 15.5. The van der Waals surface area contributed by atoms with E-state index in [1.807, 2.05) is 32.3 Å². The number of hydrogen-bond acceptors (Lipinski definition) is 3. The van der Waals surface area contributed by atoms with E-state index < -0.39 is 11.4 Å².